The van der Waals surface area contributed by atoms with Crippen LogP contribution in [0.1, 0.15) is 31.7 Å². The molecule has 0 saturated carbocycles. The summed E-state index contributed by atoms with van der Waals surface area (Å²) in [5, 5.41) is 0.953. The van der Waals surface area contributed by atoms with Gasteiger partial charge in [0.2, 0.25) is 0 Å². The van der Waals surface area contributed by atoms with E-state index in [1.807, 2.05) is 24.3 Å². The molecule has 21 heavy (non-hydrogen) atoms. The highest BCUT2D eigenvalue weighted by Crippen LogP contribution is 2.21. The van der Waals surface area contributed by atoms with Crippen molar-refractivity contribution in [2.45, 2.75) is 32.6 Å². The molecule has 1 fully saturated rings. The van der Waals surface area contributed by atoms with Crippen LogP contribution in [0.2, 0.25) is 0 Å². The smallest absolute Gasteiger partial charge is 0.271 e. The van der Waals surface area contributed by atoms with Crippen molar-refractivity contribution in [3.8, 4) is 0 Å². The van der Waals surface area contributed by atoms with Gasteiger partial charge in [-0.3, -0.25) is 4.72 Å². The molecule has 0 amide bonds. The lowest BCUT2D eigenvalue weighted by Gasteiger charge is -2.30. The fraction of sp³-hybridized carbons (Fsp3) is 0.600. The Kier molecular flexibility index (Phi) is 6.08. The molecule has 1 unspecified atom stereocenters. The normalized spacial score (nSPS) is 20.4. The summed E-state index contributed by atoms with van der Waals surface area (Å²) >= 11 is 3.41. The van der Waals surface area contributed by atoms with Crippen molar-refractivity contribution in [3.05, 3.63) is 29.8 Å². The van der Waals surface area contributed by atoms with Crippen molar-refractivity contribution in [1.29, 1.82) is 0 Å². The Hall–Kier alpha value is -0.590. The van der Waals surface area contributed by atoms with Gasteiger partial charge >= 0.3 is 10.2 Å². The molecular weight excluding hydrogens is 352 g/mol. The van der Waals surface area contributed by atoms with Crippen LogP contribution in [0.5, 0.6) is 0 Å². The minimum Gasteiger partial charge on any atom is -0.271 e. The van der Waals surface area contributed by atoms with E-state index in [1.54, 1.807) is 4.31 Å². The van der Waals surface area contributed by atoms with Gasteiger partial charge < -0.3 is 0 Å². The maximum absolute atomic E-state index is 12.4. The van der Waals surface area contributed by atoms with Gasteiger partial charge in [0.1, 0.15) is 0 Å². The van der Waals surface area contributed by atoms with Crippen LogP contribution in [0, 0.1) is 5.92 Å². The minimum absolute atomic E-state index is 0.431. The zero-order valence-electron chi connectivity index (χ0n) is 12.4. The van der Waals surface area contributed by atoms with Gasteiger partial charge in [-0.25, -0.2) is 0 Å². The molecular formula is C15H23BrN2O2S. The zero-order valence-corrected chi connectivity index (χ0v) is 14.8. The number of alkyl halides is 1. The molecule has 0 bridgehead atoms. The number of piperidine rings is 1. The average Bonchev–Trinajstić information content (AvgIpc) is 2.45. The van der Waals surface area contributed by atoms with Crippen LogP contribution < -0.4 is 4.72 Å². The molecule has 4 nitrogen and oxygen atoms in total. The van der Waals surface area contributed by atoms with Gasteiger partial charge in [0.25, 0.3) is 0 Å². The zero-order chi connectivity index (χ0) is 15.3. The lowest BCUT2D eigenvalue weighted by atomic mass is 10.0. The molecule has 1 atom stereocenters. The SMILES string of the molecule is CC1CCCN(S(=O)(=O)Nc2cccc(CCCBr)c2)C1. The van der Waals surface area contributed by atoms with E-state index >= 15 is 0 Å². The van der Waals surface area contributed by atoms with Crippen LogP contribution >= 0.6 is 15.9 Å². The van der Waals surface area contributed by atoms with Crippen molar-refractivity contribution in [1.82, 2.24) is 4.31 Å². The number of hydrogen-bond donors (Lipinski definition) is 1. The summed E-state index contributed by atoms with van der Waals surface area (Å²) in [6, 6.07) is 7.67. The second-order valence-electron chi connectivity index (χ2n) is 5.71. The van der Waals surface area contributed by atoms with Crippen molar-refractivity contribution in [2.24, 2.45) is 5.92 Å². The van der Waals surface area contributed by atoms with Crippen LogP contribution in [-0.2, 0) is 16.6 Å². The summed E-state index contributed by atoms with van der Waals surface area (Å²) in [7, 11) is -3.43. The molecule has 1 aliphatic heterocycles. The Bertz CT molecular complexity index is 563. The van der Waals surface area contributed by atoms with E-state index in [1.165, 1.54) is 0 Å². The molecule has 0 radical (unpaired) electrons. The minimum atomic E-state index is -3.43. The lowest BCUT2D eigenvalue weighted by Crippen LogP contribution is -2.42. The van der Waals surface area contributed by atoms with Crippen LogP contribution in [0.3, 0.4) is 0 Å². The molecule has 0 spiro atoms. The first-order valence-corrected chi connectivity index (χ1v) is 10.0. The summed E-state index contributed by atoms with van der Waals surface area (Å²) in [4.78, 5) is 0. The van der Waals surface area contributed by atoms with Crippen molar-refractivity contribution < 1.29 is 8.42 Å². The molecule has 1 saturated heterocycles. The molecule has 1 aromatic carbocycles. The first-order chi connectivity index (χ1) is 10.0. The summed E-state index contributed by atoms with van der Waals surface area (Å²) in [6.45, 7) is 3.32. The number of aryl methyl sites for hydroxylation is 1. The second-order valence-corrected chi connectivity index (χ2v) is 8.17. The lowest BCUT2D eigenvalue weighted by molar-refractivity contribution is 0.282. The standard InChI is InChI=1S/C15H23BrN2O2S/c1-13-5-4-10-18(12-13)21(19,20)17-15-8-2-6-14(11-15)7-3-9-16/h2,6,8,11,13,17H,3-5,7,9-10,12H2,1H3. The third-order valence-electron chi connectivity index (χ3n) is 3.73. The topological polar surface area (TPSA) is 49.4 Å². The third-order valence-corrected chi connectivity index (χ3v) is 5.80. The third kappa shape index (κ3) is 4.97. The van der Waals surface area contributed by atoms with Crippen molar-refractivity contribution in [2.75, 3.05) is 23.1 Å². The number of nitrogens with zero attached hydrogens (tertiary/aromatic N) is 1. The molecule has 2 rings (SSSR count). The summed E-state index contributed by atoms with van der Waals surface area (Å²) in [5.41, 5.74) is 1.81. The van der Waals surface area contributed by atoms with Gasteiger partial charge in [-0.15, -0.1) is 0 Å². The van der Waals surface area contributed by atoms with E-state index in [4.69, 9.17) is 0 Å². The average molecular weight is 375 g/mol. The fourth-order valence-corrected chi connectivity index (χ4v) is 4.29. The first kappa shape index (κ1) is 16.8. The van der Waals surface area contributed by atoms with Gasteiger partial charge in [-0.1, -0.05) is 35.0 Å². The maximum Gasteiger partial charge on any atom is 0.301 e. The molecule has 1 aliphatic rings. The Balaban J connectivity index is 2.05. The molecule has 1 heterocycles. The molecule has 118 valence electrons. The van der Waals surface area contributed by atoms with E-state index in [9.17, 15) is 8.42 Å². The Morgan fingerprint density at radius 3 is 2.95 bits per heavy atom. The van der Waals surface area contributed by atoms with E-state index in [2.05, 4.69) is 27.6 Å². The van der Waals surface area contributed by atoms with Gasteiger partial charge in [0, 0.05) is 18.4 Å². The summed E-state index contributed by atoms with van der Waals surface area (Å²) in [6.07, 6.45) is 4.03. The molecule has 1 aromatic rings. The number of halogens is 1. The van der Waals surface area contributed by atoms with Gasteiger partial charge in [-0.2, -0.15) is 12.7 Å². The molecule has 0 aliphatic carbocycles. The van der Waals surface area contributed by atoms with Crippen molar-refractivity contribution in [3.63, 3.8) is 0 Å². The highest BCUT2D eigenvalue weighted by molar-refractivity contribution is 9.09. The van der Waals surface area contributed by atoms with E-state index in [0.717, 1.165) is 36.6 Å². The number of nitrogens with one attached hydrogen (secondary N) is 1. The summed E-state index contributed by atoms with van der Waals surface area (Å²) < 4.78 is 29.1. The van der Waals surface area contributed by atoms with Crippen LogP contribution in [0.15, 0.2) is 24.3 Å². The fourth-order valence-electron chi connectivity index (χ4n) is 2.64. The number of rotatable bonds is 6. The Morgan fingerprint density at radius 1 is 1.43 bits per heavy atom. The Morgan fingerprint density at radius 2 is 2.24 bits per heavy atom. The monoisotopic (exact) mass is 374 g/mol. The van der Waals surface area contributed by atoms with Gasteiger partial charge in [0.05, 0.1) is 5.69 Å². The molecule has 6 heteroatoms. The number of benzene rings is 1. The van der Waals surface area contributed by atoms with Crippen molar-refractivity contribution >= 4 is 31.8 Å². The molecule has 1 N–H and O–H groups in total. The van der Waals surface area contributed by atoms with E-state index in [-0.39, 0.29) is 0 Å². The highest BCUT2D eigenvalue weighted by Gasteiger charge is 2.26. The molecule has 0 aromatic heterocycles. The predicted molar refractivity (Wildman–Crippen MR) is 91.1 cm³/mol. The predicted octanol–water partition coefficient (Wildman–Crippen LogP) is 3.40. The van der Waals surface area contributed by atoms with E-state index in [0.29, 0.717) is 24.7 Å². The second kappa shape index (κ2) is 7.61. The van der Waals surface area contributed by atoms with Crippen LogP contribution in [-0.4, -0.2) is 31.1 Å². The van der Waals surface area contributed by atoms with Crippen LogP contribution in [0.4, 0.5) is 5.69 Å². The highest BCUT2D eigenvalue weighted by atomic mass is 79.9. The van der Waals surface area contributed by atoms with Gasteiger partial charge in [-0.05, 0) is 49.3 Å². The summed E-state index contributed by atoms with van der Waals surface area (Å²) in [5.74, 6) is 0.431. The quantitative estimate of drug-likeness (QED) is 0.775. The number of hydrogen-bond acceptors (Lipinski definition) is 2. The maximum atomic E-state index is 12.4. The van der Waals surface area contributed by atoms with Crippen LogP contribution in [0.25, 0.3) is 0 Å². The Labute approximate surface area is 136 Å². The largest absolute Gasteiger partial charge is 0.301 e. The number of anilines is 1. The van der Waals surface area contributed by atoms with Gasteiger partial charge in [0.15, 0.2) is 0 Å². The van der Waals surface area contributed by atoms with E-state index < -0.39 is 10.2 Å². The first-order valence-electron chi connectivity index (χ1n) is 7.44.